The van der Waals surface area contributed by atoms with Crippen molar-refractivity contribution in [3.05, 3.63) is 35.5 Å². The van der Waals surface area contributed by atoms with E-state index in [4.69, 9.17) is 0 Å². The standard InChI is InChI=1S/C27H44/c1-20(2)9-6-10-22(4)26-17-16-25-13-7-11-24-19-21(3)14-15-23(24)12-8-18-27(25,26)5/h7,11-13,20-22,25-26H,6,8-10,14-19H2,1-5H3. The van der Waals surface area contributed by atoms with Gasteiger partial charge in [0.1, 0.15) is 0 Å². The van der Waals surface area contributed by atoms with E-state index in [1.807, 2.05) is 0 Å². The predicted octanol–water partition coefficient (Wildman–Crippen LogP) is 8.50. The number of fused-ring (bicyclic) bond motifs is 2. The SMILES string of the molecule is CC(C)CCCC(C)C1CCC2C=CC=C3CC(C)CCC3=CCCC21C. The van der Waals surface area contributed by atoms with E-state index >= 15 is 0 Å². The van der Waals surface area contributed by atoms with Crippen molar-refractivity contribution >= 4 is 0 Å². The first-order valence-electron chi connectivity index (χ1n) is 12.0. The molecule has 0 N–H and O–H groups in total. The van der Waals surface area contributed by atoms with Crippen LogP contribution in [0.2, 0.25) is 0 Å². The summed E-state index contributed by atoms with van der Waals surface area (Å²) < 4.78 is 0. The molecule has 0 aromatic rings. The maximum absolute atomic E-state index is 2.63. The molecular formula is C27H44. The van der Waals surface area contributed by atoms with Gasteiger partial charge in [0.15, 0.2) is 0 Å². The Morgan fingerprint density at radius 1 is 1.07 bits per heavy atom. The van der Waals surface area contributed by atoms with Crippen LogP contribution in [-0.2, 0) is 0 Å². The van der Waals surface area contributed by atoms with E-state index in [1.165, 1.54) is 64.2 Å². The van der Waals surface area contributed by atoms with Gasteiger partial charge >= 0.3 is 0 Å². The maximum Gasteiger partial charge on any atom is -0.0173 e. The Hall–Kier alpha value is -0.780. The summed E-state index contributed by atoms with van der Waals surface area (Å²) >= 11 is 0. The molecular weight excluding hydrogens is 324 g/mol. The molecule has 0 heteroatoms. The van der Waals surface area contributed by atoms with Crippen LogP contribution in [0.25, 0.3) is 0 Å². The van der Waals surface area contributed by atoms with Gasteiger partial charge in [0.2, 0.25) is 0 Å². The fourth-order valence-corrected chi connectivity index (χ4v) is 6.41. The van der Waals surface area contributed by atoms with Gasteiger partial charge in [0.05, 0.1) is 0 Å². The highest BCUT2D eigenvalue weighted by atomic mass is 14.5. The van der Waals surface area contributed by atoms with E-state index in [9.17, 15) is 0 Å². The molecule has 0 spiro atoms. The summed E-state index contributed by atoms with van der Waals surface area (Å²) in [6, 6.07) is 0. The molecule has 0 radical (unpaired) electrons. The van der Waals surface area contributed by atoms with Gasteiger partial charge in [-0.05, 0) is 91.1 Å². The minimum Gasteiger partial charge on any atom is -0.0810 e. The molecule has 0 amide bonds. The smallest absolute Gasteiger partial charge is 0.0173 e. The zero-order chi connectivity index (χ0) is 19.4. The molecule has 3 rings (SSSR count). The molecule has 2 saturated carbocycles. The lowest BCUT2D eigenvalue weighted by Gasteiger charge is -2.40. The van der Waals surface area contributed by atoms with Gasteiger partial charge in [-0.25, -0.2) is 0 Å². The van der Waals surface area contributed by atoms with Crippen LogP contribution < -0.4 is 0 Å². The van der Waals surface area contributed by atoms with Gasteiger partial charge in [-0.15, -0.1) is 0 Å². The Kier molecular flexibility index (Phi) is 7.09. The molecule has 0 bridgehead atoms. The third-order valence-electron chi connectivity index (χ3n) is 8.21. The van der Waals surface area contributed by atoms with Crippen LogP contribution >= 0.6 is 0 Å². The van der Waals surface area contributed by atoms with Gasteiger partial charge in [0, 0.05) is 0 Å². The van der Waals surface area contributed by atoms with Crippen LogP contribution in [0, 0.1) is 35.0 Å². The molecule has 0 aromatic heterocycles. The minimum absolute atomic E-state index is 0.498. The summed E-state index contributed by atoms with van der Waals surface area (Å²) in [5.74, 6) is 4.28. The second-order valence-electron chi connectivity index (χ2n) is 10.8. The zero-order valence-corrected chi connectivity index (χ0v) is 18.8. The highest BCUT2D eigenvalue weighted by Gasteiger charge is 2.46. The second-order valence-corrected chi connectivity index (χ2v) is 10.8. The van der Waals surface area contributed by atoms with E-state index in [0.29, 0.717) is 5.41 Å². The highest BCUT2D eigenvalue weighted by Crippen LogP contribution is 2.55. The van der Waals surface area contributed by atoms with E-state index in [1.54, 1.807) is 11.1 Å². The Morgan fingerprint density at radius 3 is 2.67 bits per heavy atom. The Morgan fingerprint density at radius 2 is 1.89 bits per heavy atom. The van der Waals surface area contributed by atoms with Crippen molar-refractivity contribution in [1.82, 2.24) is 0 Å². The Bertz CT molecular complexity index is 575. The highest BCUT2D eigenvalue weighted by molar-refractivity contribution is 5.36. The quantitative estimate of drug-likeness (QED) is 0.456. The van der Waals surface area contributed by atoms with Gasteiger partial charge in [0.25, 0.3) is 0 Å². The summed E-state index contributed by atoms with van der Waals surface area (Å²) in [4.78, 5) is 0. The van der Waals surface area contributed by atoms with Crippen molar-refractivity contribution in [2.24, 2.45) is 35.0 Å². The first-order chi connectivity index (χ1) is 12.9. The van der Waals surface area contributed by atoms with Crippen LogP contribution in [0.1, 0.15) is 98.8 Å². The first kappa shape index (κ1) is 20.9. The normalized spacial score (nSPS) is 35.3. The molecule has 152 valence electrons. The second kappa shape index (κ2) is 9.15. The predicted molar refractivity (Wildman–Crippen MR) is 120 cm³/mol. The van der Waals surface area contributed by atoms with Gasteiger partial charge < -0.3 is 0 Å². The van der Waals surface area contributed by atoms with Gasteiger partial charge in [-0.2, -0.15) is 0 Å². The fourth-order valence-electron chi connectivity index (χ4n) is 6.41. The molecule has 2 fully saturated rings. The van der Waals surface area contributed by atoms with Crippen LogP contribution in [0.3, 0.4) is 0 Å². The van der Waals surface area contributed by atoms with Crippen molar-refractivity contribution < 1.29 is 0 Å². The van der Waals surface area contributed by atoms with E-state index in [-0.39, 0.29) is 0 Å². The third kappa shape index (κ3) is 4.99. The summed E-state index contributed by atoms with van der Waals surface area (Å²) in [5.41, 5.74) is 3.79. The average molecular weight is 369 g/mol. The summed E-state index contributed by atoms with van der Waals surface area (Å²) in [5, 5.41) is 0. The molecule has 0 aromatic carbocycles. The summed E-state index contributed by atoms with van der Waals surface area (Å²) in [7, 11) is 0. The summed E-state index contributed by atoms with van der Waals surface area (Å²) in [6.45, 7) is 12.3. The van der Waals surface area contributed by atoms with Crippen LogP contribution in [0.5, 0.6) is 0 Å². The monoisotopic (exact) mass is 368 g/mol. The molecule has 27 heavy (non-hydrogen) atoms. The number of rotatable bonds is 5. The summed E-state index contributed by atoms with van der Waals surface area (Å²) in [6.07, 6.45) is 23.8. The minimum atomic E-state index is 0.498. The topological polar surface area (TPSA) is 0 Å². The first-order valence-corrected chi connectivity index (χ1v) is 12.0. The van der Waals surface area contributed by atoms with Gasteiger partial charge in [-0.3, -0.25) is 0 Å². The van der Waals surface area contributed by atoms with Crippen molar-refractivity contribution in [2.75, 3.05) is 0 Å². The van der Waals surface area contributed by atoms with Crippen molar-refractivity contribution in [3.63, 3.8) is 0 Å². The van der Waals surface area contributed by atoms with E-state index in [0.717, 1.165) is 29.6 Å². The number of hydrogen-bond acceptors (Lipinski definition) is 0. The van der Waals surface area contributed by atoms with Gasteiger partial charge in [-0.1, -0.05) is 78.2 Å². The maximum atomic E-state index is 2.63. The van der Waals surface area contributed by atoms with Crippen LogP contribution in [0.4, 0.5) is 0 Å². The zero-order valence-electron chi connectivity index (χ0n) is 18.8. The molecule has 0 saturated heterocycles. The Balaban J connectivity index is 1.73. The molecule has 3 aliphatic rings. The lowest BCUT2D eigenvalue weighted by Crippen LogP contribution is -2.32. The Labute approximate surface area is 169 Å². The lowest BCUT2D eigenvalue weighted by atomic mass is 9.65. The lowest BCUT2D eigenvalue weighted by molar-refractivity contribution is 0.117. The molecule has 3 aliphatic carbocycles. The van der Waals surface area contributed by atoms with E-state index in [2.05, 4.69) is 58.9 Å². The molecule has 5 unspecified atom stereocenters. The van der Waals surface area contributed by atoms with Crippen molar-refractivity contribution in [1.29, 1.82) is 0 Å². The third-order valence-corrected chi connectivity index (χ3v) is 8.21. The fraction of sp³-hybridized carbons (Fsp3) is 0.778. The molecule has 5 atom stereocenters. The average Bonchev–Trinajstić information content (AvgIpc) is 2.93. The molecule has 0 heterocycles. The largest absolute Gasteiger partial charge is 0.0810 e. The molecule has 0 aliphatic heterocycles. The number of allylic oxidation sites excluding steroid dienone is 6. The van der Waals surface area contributed by atoms with Crippen LogP contribution in [0.15, 0.2) is 35.5 Å². The van der Waals surface area contributed by atoms with Crippen molar-refractivity contribution in [2.45, 2.75) is 98.8 Å². The van der Waals surface area contributed by atoms with Crippen molar-refractivity contribution in [3.8, 4) is 0 Å². The molecule has 0 nitrogen and oxygen atoms in total. The van der Waals surface area contributed by atoms with Crippen LogP contribution in [-0.4, -0.2) is 0 Å². The van der Waals surface area contributed by atoms with E-state index < -0.39 is 0 Å². The number of hydrogen-bond donors (Lipinski definition) is 0.